The maximum absolute atomic E-state index is 13.1. The van der Waals surface area contributed by atoms with E-state index in [1.54, 1.807) is 6.33 Å². The van der Waals surface area contributed by atoms with Crippen molar-refractivity contribution in [3.8, 4) is 11.5 Å². The molecular formula is C20H21N7O. The van der Waals surface area contributed by atoms with Gasteiger partial charge in [0.2, 0.25) is 0 Å². The molecule has 0 radical (unpaired) electrons. The molecule has 1 aliphatic heterocycles. The number of aryl methyl sites for hydroxylation is 2. The third-order valence-electron chi connectivity index (χ3n) is 5.46. The van der Waals surface area contributed by atoms with Gasteiger partial charge in [0.25, 0.3) is 5.91 Å². The molecule has 8 nitrogen and oxygen atoms in total. The van der Waals surface area contributed by atoms with Gasteiger partial charge in [0.05, 0.1) is 6.54 Å². The van der Waals surface area contributed by atoms with E-state index in [-0.39, 0.29) is 5.91 Å². The van der Waals surface area contributed by atoms with Crippen LogP contribution in [-0.2, 0) is 26.6 Å². The number of carbonyl (C=O) groups excluding carboxylic acids is 1. The van der Waals surface area contributed by atoms with Crippen LogP contribution in [0.15, 0.2) is 36.7 Å². The maximum atomic E-state index is 13.1. The Morgan fingerprint density at radius 2 is 2.14 bits per heavy atom. The number of amides is 1. The van der Waals surface area contributed by atoms with Gasteiger partial charge < -0.3 is 14.5 Å². The molecule has 4 aromatic rings. The Bertz CT molecular complexity index is 1150. The minimum Gasteiger partial charge on any atom is -0.351 e. The Balaban J connectivity index is 1.50. The van der Waals surface area contributed by atoms with E-state index in [0.717, 1.165) is 46.6 Å². The molecule has 28 heavy (non-hydrogen) atoms. The smallest absolute Gasteiger partial charge is 0.270 e. The Kier molecular flexibility index (Phi) is 3.78. The predicted octanol–water partition coefficient (Wildman–Crippen LogP) is 2.38. The molecule has 0 saturated carbocycles. The summed E-state index contributed by atoms with van der Waals surface area (Å²) in [6.07, 6.45) is 2.48. The van der Waals surface area contributed by atoms with Gasteiger partial charge in [0, 0.05) is 48.7 Å². The Morgan fingerprint density at radius 3 is 2.96 bits per heavy atom. The van der Waals surface area contributed by atoms with E-state index in [1.165, 1.54) is 0 Å². The molecule has 1 aromatic carbocycles. The zero-order chi connectivity index (χ0) is 19.3. The number of nitrogens with one attached hydrogen (secondary N) is 1. The molecule has 0 atom stereocenters. The van der Waals surface area contributed by atoms with Gasteiger partial charge in [-0.15, -0.1) is 10.2 Å². The number of aromatic nitrogens is 6. The first-order chi connectivity index (χ1) is 13.7. The van der Waals surface area contributed by atoms with Crippen LogP contribution in [-0.4, -0.2) is 46.9 Å². The van der Waals surface area contributed by atoms with Crippen LogP contribution in [0.2, 0.25) is 0 Å². The molecule has 1 amide bonds. The van der Waals surface area contributed by atoms with Crippen LogP contribution in [0.25, 0.3) is 22.4 Å². The fraction of sp³-hybridized carbons (Fsp3) is 0.300. The number of hydrogen-bond donors (Lipinski definition) is 1. The van der Waals surface area contributed by atoms with Crippen LogP contribution in [0.4, 0.5) is 0 Å². The van der Waals surface area contributed by atoms with Crippen molar-refractivity contribution < 1.29 is 4.79 Å². The molecule has 1 N–H and O–H groups in total. The second kappa shape index (κ2) is 6.33. The third-order valence-corrected chi connectivity index (χ3v) is 5.46. The van der Waals surface area contributed by atoms with E-state index in [9.17, 15) is 4.79 Å². The summed E-state index contributed by atoms with van der Waals surface area (Å²) in [6.45, 7) is 4.00. The van der Waals surface area contributed by atoms with Crippen molar-refractivity contribution in [1.29, 1.82) is 0 Å². The average Bonchev–Trinajstić information content (AvgIpc) is 3.43. The van der Waals surface area contributed by atoms with Crippen LogP contribution >= 0.6 is 0 Å². The van der Waals surface area contributed by atoms with E-state index in [4.69, 9.17) is 5.10 Å². The summed E-state index contributed by atoms with van der Waals surface area (Å²) in [5.41, 5.74) is 4.61. The van der Waals surface area contributed by atoms with Crippen molar-refractivity contribution >= 4 is 16.8 Å². The van der Waals surface area contributed by atoms with E-state index >= 15 is 0 Å². The first kappa shape index (κ1) is 16.7. The van der Waals surface area contributed by atoms with Crippen molar-refractivity contribution in [2.45, 2.75) is 26.4 Å². The van der Waals surface area contributed by atoms with Crippen molar-refractivity contribution in [3.05, 3.63) is 53.6 Å². The van der Waals surface area contributed by atoms with Crippen LogP contribution < -0.4 is 0 Å². The maximum Gasteiger partial charge on any atom is 0.270 e. The molecule has 0 fully saturated rings. The van der Waals surface area contributed by atoms with Crippen molar-refractivity contribution in [1.82, 2.24) is 34.4 Å². The van der Waals surface area contributed by atoms with Crippen LogP contribution in [0.5, 0.6) is 0 Å². The SMILES string of the molecule is CCn1cnnc1-c1nn(C)c2c1CN(C(=O)c1cc3ccccc3[nH]1)CC2. The van der Waals surface area contributed by atoms with Crippen LogP contribution in [0, 0.1) is 0 Å². The quantitative estimate of drug-likeness (QED) is 0.596. The number of carbonyl (C=O) groups is 1. The molecule has 0 unspecified atom stereocenters. The number of hydrogen-bond acceptors (Lipinski definition) is 4. The van der Waals surface area contributed by atoms with Crippen molar-refractivity contribution in [2.75, 3.05) is 6.54 Å². The number of para-hydroxylation sites is 1. The van der Waals surface area contributed by atoms with E-state index in [0.29, 0.717) is 18.8 Å². The molecule has 142 valence electrons. The molecule has 5 rings (SSSR count). The first-order valence-electron chi connectivity index (χ1n) is 9.45. The summed E-state index contributed by atoms with van der Waals surface area (Å²) in [6, 6.07) is 9.85. The predicted molar refractivity (Wildman–Crippen MR) is 105 cm³/mol. The molecule has 0 aliphatic carbocycles. The zero-order valence-corrected chi connectivity index (χ0v) is 15.9. The van der Waals surface area contributed by atoms with E-state index < -0.39 is 0 Å². The topological polar surface area (TPSA) is 84.6 Å². The lowest BCUT2D eigenvalue weighted by atomic mass is 10.0. The summed E-state index contributed by atoms with van der Waals surface area (Å²) < 4.78 is 3.88. The highest BCUT2D eigenvalue weighted by molar-refractivity contribution is 5.98. The van der Waals surface area contributed by atoms with Crippen LogP contribution in [0.1, 0.15) is 28.7 Å². The van der Waals surface area contributed by atoms with Crippen molar-refractivity contribution in [3.63, 3.8) is 0 Å². The monoisotopic (exact) mass is 375 g/mol. The first-order valence-corrected chi connectivity index (χ1v) is 9.45. The number of rotatable bonds is 3. The third kappa shape index (κ3) is 2.52. The lowest BCUT2D eigenvalue weighted by molar-refractivity contribution is 0.0728. The standard InChI is InChI=1S/C20H21N7O/c1-3-26-12-21-23-19(26)18-14-11-27(9-8-17(14)25(2)24-18)20(28)16-10-13-6-4-5-7-15(13)22-16/h4-7,10,12,22H,3,8-9,11H2,1-2H3. The highest BCUT2D eigenvalue weighted by atomic mass is 16.2. The second-order valence-corrected chi connectivity index (χ2v) is 7.08. The fourth-order valence-electron chi connectivity index (χ4n) is 3.97. The minimum atomic E-state index is 0.00797. The van der Waals surface area contributed by atoms with Gasteiger partial charge in [-0.05, 0) is 19.1 Å². The summed E-state index contributed by atoms with van der Waals surface area (Å²) >= 11 is 0. The molecule has 0 spiro atoms. The van der Waals surface area contributed by atoms with Gasteiger partial charge in [-0.2, -0.15) is 5.10 Å². The number of nitrogens with zero attached hydrogens (tertiary/aromatic N) is 6. The largest absolute Gasteiger partial charge is 0.351 e. The second-order valence-electron chi connectivity index (χ2n) is 7.08. The van der Waals surface area contributed by atoms with Gasteiger partial charge in [-0.25, -0.2) is 0 Å². The van der Waals surface area contributed by atoms with Gasteiger partial charge in [-0.3, -0.25) is 9.48 Å². The zero-order valence-electron chi connectivity index (χ0n) is 15.9. The van der Waals surface area contributed by atoms with Gasteiger partial charge >= 0.3 is 0 Å². The van der Waals surface area contributed by atoms with Crippen LogP contribution in [0.3, 0.4) is 0 Å². The minimum absolute atomic E-state index is 0.00797. The van der Waals surface area contributed by atoms with Gasteiger partial charge in [-0.1, -0.05) is 18.2 Å². The molecule has 0 bridgehead atoms. The van der Waals surface area contributed by atoms with Crippen molar-refractivity contribution in [2.24, 2.45) is 7.05 Å². The highest BCUT2D eigenvalue weighted by Gasteiger charge is 2.29. The number of aromatic amines is 1. The van der Waals surface area contributed by atoms with E-state index in [1.807, 2.05) is 58.5 Å². The molecule has 0 saturated heterocycles. The molecule has 8 heteroatoms. The number of fused-ring (bicyclic) bond motifs is 2. The Morgan fingerprint density at radius 1 is 1.29 bits per heavy atom. The summed E-state index contributed by atoms with van der Waals surface area (Å²) in [7, 11) is 1.95. The van der Waals surface area contributed by atoms with Gasteiger partial charge in [0.15, 0.2) is 5.82 Å². The fourth-order valence-corrected chi connectivity index (χ4v) is 3.97. The molecule has 1 aliphatic rings. The molecule has 3 aromatic heterocycles. The molecular weight excluding hydrogens is 354 g/mol. The molecule has 4 heterocycles. The lowest BCUT2D eigenvalue weighted by Gasteiger charge is -2.27. The summed E-state index contributed by atoms with van der Waals surface area (Å²) in [5.74, 6) is 0.757. The van der Waals surface area contributed by atoms with E-state index in [2.05, 4.69) is 15.2 Å². The van der Waals surface area contributed by atoms with Gasteiger partial charge in [0.1, 0.15) is 17.7 Å². The Hall–Kier alpha value is -3.42. The number of benzene rings is 1. The summed E-state index contributed by atoms with van der Waals surface area (Å²) in [5, 5.41) is 14.0. The lowest BCUT2D eigenvalue weighted by Crippen LogP contribution is -2.36. The Labute approximate surface area is 161 Å². The average molecular weight is 375 g/mol. The number of H-pyrrole nitrogens is 1. The summed E-state index contributed by atoms with van der Waals surface area (Å²) in [4.78, 5) is 18.3. The highest BCUT2D eigenvalue weighted by Crippen LogP contribution is 2.29. The normalized spacial score (nSPS) is 13.9.